The molecule has 0 aliphatic carbocycles. The summed E-state index contributed by atoms with van der Waals surface area (Å²) in [6.45, 7) is 6.33. The Bertz CT molecular complexity index is 424. The Balaban J connectivity index is 2.29. The van der Waals surface area contributed by atoms with Gasteiger partial charge in [0.2, 0.25) is 5.75 Å². The number of anilines is 2. The second kappa shape index (κ2) is 7.31. The van der Waals surface area contributed by atoms with E-state index >= 15 is 0 Å². The Labute approximate surface area is 121 Å². The first-order chi connectivity index (χ1) is 9.81. The van der Waals surface area contributed by atoms with Crippen LogP contribution in [-0.2, 0) is 0 Å². The van der Waals surface area contributed by atoms with Crippen molar-refractivity contribution in [2.24, 2.45) is 0 Å². The molecule has 2 heterocycles. The molecule has 0 radical (unpaired) electrons. The van der Waals surface area contributed by atoms with E-state index in [4.69, 9.17) is 4.74 Å². The minimum Gasteiger partial charge on any atom is -0.490 e. The summed E-state index contributed by atoms with van der Waals surface area (Å²) in [5.74, 6) is 2.52. The van der Waals surface area contributed by atoms with Crippen molar-refractivity contribution < 1.29 is 4.74 Å². The lowest BCUT2D eigenvalue weighted by Gasteiger charge is -2.36. The van der Waals surface area contributed by atoms with Crippen molar-refractivity contribution in [3.05, 3.63) is 6.33 Å². The minimum atomic E-state index is 0.562. The average molecular weight is 278 g/mol. The van der Waals surface area contributed by atoms with Crippen molar-refractivity contribution in [3.8, 4) is 5.75 Å². The summed E-state index contributed by atoms with van der Waals surface area (Å²) in [6, 6.07) is 0.562. The highest BCUT2D eigenvalue weighted by atomic mass is 16.5. The van der Waals surface area contributed by atoms with Gasteiger partial charge in [0.05, 0.1) is 7.11 Å². The molecule has 1 atom stereocenters. The molecule has 1 fully saturated rings. The lowest BCUT2D eigenvalue weighted by atomic mass is 10.00. The highest BCUT2D eigenvalue weighted by molar-refractivity contribution is 5.65. The van der Waals surface area contributed by atoms with Gasteiger partial charge in [-0.2, -0.15) is 0 Å². The maximum Gasteiger partial charge on any atom is 0.204 e. The SMILES string of the molecule is CCCNc1ncnc(N2CCCCC2CC)c1OC. The van der Waals surface area contributed by atoms with E-state index in [1.165, 1.54) is 19.3 Å². The van der Waals surface area contributed by atoms with Gasteiger partial charge in [-0.3, -0.25) is 0 Å². The van der Waals surface area contributed by atoms with Gasteiger partial charge in [-0.25, -0.2) is 9.97 Å². The Kier molecular flexibility index (Phi) is 5.44. The molecule has 0 spiro atoms. The Morgan fingerprint density at radius 3 is 2.90 bits per heavy atom. The van der Waals surface area contributed by atoms with Gasteiger partial charge in [0.25, 0.3) is 0 Å². The third-order valence-corrected chi connectivity index (χ3v) is 3.90. The summed E-state index contributed by atoms with van der Waals surface area (Å²) in [6.07, 6.45) is 7.61. The number of nitrogens with one attached hydrogen (secondary N) is 1. The first kappa shape index (κ1) is 14.9. The highest BCUT2D eigenvalue weighted by Gasteiger charge is 2.26. The molecule has 0 aromatic carbocycles. The molecule has 1 aromatic rings. The van der Waals surface area contributed by atoms with Crippen LogP contribution in [0.3, 0.4) is 0 Å². The first-order valence-electron chi connectivity index (χ1n) is 7.71. The molecule has 1 aromatic heterocycles. The molecule has 1 unspecified atom stereocenters. The molecule has 0 amide bonds. The van der Waals surface area contributed by atoms with Gasteiger partial charge < -0.3 is 15.0 Å². The fourth-order valence-corrected chi connectivity index (χ4v) is 2.83. The number of aromatic nitrogens is 2. The maximum absolute atomic E-state index is 5.59. The summed E-state index contributed by atoms with van der Waals surface area (Å²) in [7, 11) is 1.70. The summed E-state index contributed by atoms with van der Waals surface area (Å²) < 4.78 is 5.59. The lowest BCUT2D eigenvalue weighted by molar-refractivity contribution is 0.398. The fourth-order valence-electron chi connectivity index (χ4n) is 2.83. The van der Waals surface area contributed by atoms with Crippen LogP contribution in [0.4, 0.5) is 11.6 Å². The molecule has 1 aliphatic rings. The van der Waals surface area contributed by atoms with Crippen molar-refractivity contribution in [2.45, 2.75) is 52.0 Å². The zero-order valence-electron chi connectivity index (χ0n) is 12.9. The smallest absolute Gasteiger partial charge is 0.204 e. The van der Waals surface area contributed by atoms with Crippen molar-refractivity contribution in [3.63, 3.8) is 0 Å². The van der Waals surface area contributed by atoms with E-state index in [0.717, 1.165) is 43.3 Å². The molecule has 112 valence electrons. The maximum atomic E-state index is 5.59. The van der Waals surface area contributed by atoms with E-state index in [2.05, 4.69) is 34.0 Å². The lowest BCUT2D eigenvalue weighted by Crippen LogP contribution is -2.40. The van der Waals surface area contributed by atoms with Crippen molar-refractivity contribution >= 4 is 11.6 Å². The van der Waals surface area contributed by atoms with Crippen LogP contribution >= 0.6 is 0 Å². The monoisotopic (exact) mass is 278 g/mol. The zero-order valence-corrected chi connectivity index (χ0v) is 12.9. The van der Waals surface area contributed by atoms with E-state index < -0.39 is 0 Å². The number of piperidine rings is 1. The van der Waals surface area contributed by atoms with Gasteiger partial charge in [0.15, 0.2) is 11.6 Å². The topological polar surface area (TPSA) is 50.3 Å². The molecule has 5 heteroatoms. The molecule has 0 saturated carbocycles. The highest BCUT2D eigenvalue weighted by Crippen LogP contribution is 2.35. The predicted molar refractivity (Wildman–Crippen MR) is 82.6 cm³/mol. The van der Waals surface area contributed by atoms with Crippen molar-refractivity contribution in [2.75, 3.05) is 30.4 Å². The standard InChI is InChI=1S/C15H26N4O/c1-4-9-16-14-13(20-3)15(18-11-17-14)19-10-7-6-8-12(19)5-2/h11-12H,4-10H2,1-3H3,(H,16,17,18). The summed E-state index contributed by atoms with van der Waals surface area (Å²) >= 11 is 0. The molecule has 2 rings (SSSR count). The van der Waals surface area contributed by atoms with E-state index in [0.29, 0.717) is 6.04 Å². The number of hydrogen-bond donors (Lipinski definition) is 1. The average Bonchev–Trinajstić information content (AvgIpc) is 2.52. The van der Waals surface area contributed by atoms with Crippen LogP contribution in [0.1, 0.15) is 46.0 Å². The fraction of sp³-hybridized carbons (Fsp3) is 0.733. The number of methoxy groups -OCH3 is 1. The van der Waals surface area contributed by atoms with E-state index in [1.54, 1.807) is 13.4 Å². The van der Waals surface area contributed by atoms with Crippen molar-refractivity contribution in [1.82, 2.24) is 9.97 Å². The van der Waals surface area contributed by atoms with Gasteiger partial charge in [-0.1, -0.05) is 13.8 Å². The minimum absolute atomic E-state index is 0.562. The zero-order chi connectivity index (χ0) is 14.4. The van der Waals surface area contributed by atoms with E-state index in [1.807, 2.05) is 0 Å². The molecular formula is C15H26N4O. The Hall–Kier alpha value is -1.52. The summed E-state index contributed by atoms with van der Waals surface area (Å²) in [5, 5.41) is 3.32. The summed E-state index contributed by atoms with van der Waals surface area (Å²) in [4.78, 5) is 11.2. The number of hydrogen-bond acceptors (Lipinski definition) is 5. The second-order valence-corrected chi connectivity index (χ2v) is 5.26. The van der Waals surface area contributed by atoms with Gasteiger partial charge in [-0.15, -0.1) is 0 Å². The van der Waals surface area contributed by atoms with Gasteiger partial charge in [0.1, 0.15) is 6.33 Å². The molecular weight excluding hydrogens is 252 g/mol. The second-order valence-electron chi connectivity index (χ2n) is 5.26. The predicted octanol–water partition coefficient (Wildman–Crippen LogP) is 3.08. The molecule has 5 nitrogen and oxygen atoms in total. The molecule has 1 N–H and O–H groups in total. The third kappa shape index (κ3) is 3.14. The van der Waals surface area contributed by atoms with Gasteiger partial charge in [0, 0.05) is 19.1 Å². The third-order valence-electron chi connectivity index (χ3n) is 3.90. The van der Waals surface area contributed by atoms with E-state index in [9.17, 15) is 0 Å². The van der Waals surface area contributed by atoms with Gasteiger partial charge in [-0.05, 0) is 32.1 Å². The molecule has 1 saturated heterocycles. The van der Waals surface area contributed by atoms with Crippen LogP contribution in [0.2, 0.25) is 0 Å². The molecule has 0 bridgehead atoms. The Morgan fingerprint density at radius 2 is 2.20 bits per heavy atom. The number of nitrogens with zero attached hydrogens (tertiary/aromatic N) is 3. The normalized spacial score (nSPS) is 18.9. The largest absolute Gasteiger partial charge is 0.490 e. The Morgan fingerprint density at radius 1 is 1.35 bits per heavy atom. The van der Waals surface area contributed by atoms with Crippen LogP contribution in [0.15, 0.2) is 6.33 Å². The molecule has 1 aliphatic heterocycles. The summed E-state index contributed by atoms with van der Waals surface area (Å²) in [5.41, 5.74) is 0. The van der Waals surface area contributed by atoms with Crippen LogP contribution in [-0.4, -0.2) is 36.2 Å². The quantitative estimate of drug-likeness (QED) is 0.866. The number of rotatable bonds is 6. The van der Waals surface area contributed by atoms with E-state index in [-0.39, 0.29) is 0 Å². The first-order valence-corrected chi connectivity index (χ1v) is 7.71. The van der Waals surface area contributed by atoms with Crippen LogP contribution in [0, 0.1) is 0 Å². The van der Waals surface area contributed by atoms with Gasteiger partial charge >= 0.3 is 0 Å². The van der Waals surface area contributed by atoms with Crippen LogP contribution < -0.4 is 15.0 Å². The van der Waals surface area contributed by atoms with Crippen LogP contribution in [0.25, 0.3) is 0 Å². The molecule has 20 heavy (non-hydrogen) atoms. The number of ether oxygens (including phenoxy) is 1. The van der Waals surface area contributed by atoms with Crippen molar-refractivity contribution in [1.29, 1.82) is 0 Å². The van der Waals surface area contributed by atoms with Crippen LogP contribution in [0.5, 0.6) is 5.75 Å².